The number of carbonyl (C=O) groups is 1. The van der Waals surface area contributed by atoms with Crippen LogP contribution in [0.25, 0.3) is 0 Å². The zero-order valence-electron chi connectivity index (χ0n) is 11.7. The Balaban J connectivity index is 1.54. The number of rotatable bonds is 4. The van der Waals surface area contributed by atoms with E-state index >= 15 is 0 Å². The Hall–Kier alpha value is -1.32. The van der Waals surface area contributed by atoms with Crippen molar-refractivity contribution in [3.63, 3.8) is 0 Å². The number of aromatic nitrogens is 2. The molecule has 1 aromatic rings. The van der Waals surface area contributed by atoms with Gasteiger partial charge in [0.15, 0.2) is 0 Å². The minimum Gasteiger partial charge on any atom is -0.480 e. The van der Waals surface area contributed by atoms with Crippen molar-refractivity contribution in [3.05, 3.63) is 18.5 Å². The Kier molecular flexibility index (Phi) is 2.86. The van der Waals surface area contributed by atoms with E-state index in [2.05, 4.69) is 5.10 Å². The van der Waals surface area contributed by atoms with Crippen LogP contribution in [0.15, 0.2) is 18.5 Å². The fourth-order valence-electron chi connectivity index (χ4n) is 5.47. The smallest absolute Gasteiger partial charge is 0.328 e. The first-order chi connectivity index (χ1) is 9.70. The highest BCUT2D eigenvalue weighted by Gasteiger charge is 2.49. The van der Waals surface area contributed by atoms with Gasteiger partial charge in [0.1, 0.15) is 6.04 Å². The molecule has 0 saturated heterocycles. The van der Waals surface area contributed by atoms with E-state index in [1.807, 2.05) is 6.07 Å². The third-order valence-electron chi connectivity index (χ3n) is 6.05. The lowest BCUT2D eigenvalue weighted by Gasteiger charge is -2.55. The van der Waals surface area contributed by atoms with Gasteiger partial charge in [-0.15, -0.1) is 0 Å². The normalized spacial score (nSPS) is 39.9. The zero-order valence-corrected chi connectivity index (χ0v) is 11.7. The molecule has 108 valence electrons. The van der Waals surface area contributed by atoms with E-state index in [0.717, 1.165) is 30.1 Å². The van der Waals surface area contributed by atoms with Crippen LogP contribution >= 0.6 is 0 Å². The minimum atomic E-state index is -0.734. The summed E-state index contributed by atoms with van der Waals surface area (Å²) in [5.41, 5.74) is 0. The molecule has 4 aliphatic rings. The van der Waals surface area contributed by atoms with Crippen molar-refractivity contribution < 1.29 is 9.90 Å². The highest BCUT2D eigenvalue weighted by Crippen LogP contribution is 2.58. The number of hydrogen-bond acceptors (Lipinski definition) is 2. The molecule has 0 radical (unpaired) electrons. The Morgan fingerprint density at radius 1 is 1.20 bits per heavy atom. The predicted octanol–water partition coefficient (Wildman–Crippen LogP) is 2.97. The molecule has 0 aliphatic heterocycles. The molecule has 4 bridgehead atoms. The molecule has 0 spiro atoms. The number of aliphatic carboxylic acids is 1. The van der Waals surface area contributed by atoms with Crippen molar-refractivity contribution in [1.29, 1.82) is 0 Å². The van der Waals surface area contributed by atoms with Crippen LogP contribution in [-0.2, 0) is 4.79 Å². The van der Waals surface area contributed by atoms with Crippen LogP contribution in [0.5, 0.6) is 0 Å². The second kappa shape index (κ2) is 4.61. The van der Waals surface area contributed by atoms with Gasteiger partial charge in [-0.3, -0.25) is 4.68 Å². The summed E-state index contributed by atoms with van der Waals surface area (Å²) in [6.45, 7) is 0. The van der Waals surface area contributed by atoms with Gasteiger partial charge in [0.05, 0.1) is 0 Å². The maximum absolute atomic E-state index is 11.6. The summed E-state index contributed by atoms with van der Waals surface area (Å²) < 4.78 is 1.63. The van der Waals surface area contributed by atoms with Crippen molar-refractivity contribution in [2.24, 2.45) is 29.6 Å². The molecular weight excluding hydrogens is 252 g/mol. The van der Waals surface area contributed by atoms with Gasteiger partial charge in [-0.25, -0.2) is 4.79 Å². The number of hydrogen-bond donors (Lipinski definition) is 1. The maximum atomic E-state index is 11.6. The van der Waals surface area contributed by atoms with E-state index in [1.165, 1.54) is 32.1 Å². The van der Waals surface area contributed by atoms with Crippen molar-refractivity contribution in [2.45, 2.75) is 44.6 Å². The summed E-state index contributed by atoms with van der Waals surface area (Å²) in [5.74, 6) is 3.33. The van der Waals surface area contributed by atoms with Gasteiger partial charge >= 0.3 is 5.97 Å². The average Bonchev–Trinajstić information content (AvgIpc) is 2.90. The monoisotopic (exact) mass is 274 g/mol. The molecule has 1 N–H and O–H groups in total. The predicted molar refractivity (Wildman–Crippen MR) is 74.1 cm³/mol. The number of nitrogens with zero attached hydrogens (tertiary/aromatic N) is 2. The quantitative estimate of drug-likeness (QED) is 0.918. The number of carboxylic acids is 1. The molecule has 4 saturated carbocycles. The standard InChI is InChI=1S/C16H22N2O2/c19-16(20)15(18-3-1-2-17-18)9-14-12-5-10-4-11(7-12)8-13(14)6-10/h1-3,10-15H,4-9H2,(H,19,20). The maximum Gasteiger partial charge on any atom is 0.328 e. The summed E-state index contributed by atoms with van der Waals surface area (Å²) in [7, 11) is 0. The lowest BCUT2D eigenvalue weighted by Crippen LogP contribution is -2.46. The van der Waals surface area contributed by atoms with E-state index in [-0.39, 0.29) is 0 Å². The van der Waals surface area contributed by atoms with Gasteiger partial charge in [0.25, 0.3) is 0 Å². The molecular formula is C16H22N2O2. The van der Waals surface area contributed by atoms with Gasteiger partial charge < -0.3 is 5.11 Å². The van der Waals surface area contributed by atoms with Gasteiger partial charge in [0, 0.05) is 12.4 Å². The molecule has 4 heteroatoms. The van der Waals surface area contributed by atoms with E-state index in [0.29, 0.717) is 5.92 Å². The van der Waals surface area contributed by atoms with Crippen molar-refractivity contribution in [1.82, 2.24) is 9.78 Å². The summed E-state index contributed by atoms with van der Waals surface area (Å²) in [6.07, 6.45) is 11.1. The van der Waals surface area contributed by atoms with E-state index in [9.17, 15) is 9.90 Å². The Labute approximate surface area is 119 Å². The second-order valence-corrected chi connectivity index (χ2v) is 7.17. The fraction of sp³-hybridized carbons (Fsp3) is 0.750. The molecule has 1 unspecified atom stereocenters. The fourth-order valence-corrected chi connectivity index (χ4v) is 5.47. The van der Waals surface area contributed by atoms with Crippen LogP contribution in [0.1, 0.15) is 44.6 Å². The summed E-state index contributed by atoms with van der Waals surface area (Å²) >= 11 is 0. The molecule has 4 nitrogen and oxygen atoms in total. The Morgan fingerprint density at radius 3 is 2.35 bits per heavy atom. The largest absolute Gasteiger partial charge is 0.480 e. The summed E-state index contributed by atoms with van der Waals surface area (Å²) in [6, 6.07) is 1.33. The highest BCUT2D eigenvalue weighted by molar-refractivity contribution is 5.71. The molecule has 0 aromatic carbocycles. The summed E-state index contributed by atoms with van der Waals surface area (Å²) in [4.78, 5) is 11.6. The van der Waals surface area contributed by atoms with Gasteiger partial charge in [-0.05, 0) is 74.2 Å². The average molecular weight is 274 g/mol. The first-order valence-electron chi connectivity index (χ1n) is 7.92. The third kappa shape index (κ3) is 1.97. The molecule has 20 heavy (non-hydrogen) atoms. The van der Waals surface area contributed by atoms with Crippen molar-refractivity contribution >= 4 is 5.97 Å². The SMILES string of the molecule is O=C(O)C(CC1C2CC3CC(C2)CC1C3)n1cccn1. The molecule has 1 atom stereocenters. The Bertz CT molecular complexity index is 469. The third-order valence-corrected chi connectivity index (χ3v) is 6.05. The van der Waals surface area contributed by atoms with E-state index in [4.69, 9.17) is 0 Å². The van der Waals surface area contributed by atoms with Gasteiger partial charge in [0.2, 0.25) is 0 Å². The zero-order chi connectivity index (χ0) is 13.7. The Morgan fingerprint density at radius 2 is 1.85 bits per heavy atom. The molecule has 4 fully saturated rings. The lowest BCUT2D eigenvalue weighted by atomic mass is 9.51. The first kappa shape index (κ1) is 12.4. The minimum absolute atomic E-state index is 0.479. The van der Waals surface area contributed by atoms with Crippen molar-refractivity contribution in [3.8, 4) is 0 Å². The van der Waals surface area contributed by atoms with Gasteiger partial charge in [-0.1, -0.05) is 0 Å². The van der Waals surface area contributed by atoms with Crippen LogP contribution in [-0.4, -0.2) is 20.9 Å². The van der Waals surface area contributed by atoms with Crippen LogP contribution < -0.4 is 0 Å². The number of carboxylic acid groups (broad SMARTS) is 1. The van der Waals surface area contributed by atoms with Gasteiger partial charge in [-0.2, -0.15) is 5.10 Å². The lowest BCUT2D eigenvalue weighted by molar-refractivity contribution is -0.143. The van der Waals surface area contributed by atoms with E-state index in [1.54, 1.807) is 17.1 Å². The first-order valence-corrected chi connectivity index (χ1v) is 7.92. The van der Waals surface area contributed by atoms with Crippen LogP contribution in [0.4, 0.5) is 0 Å². The molecule has 4 aliphatic carbocycles. The van der Waals surface area contributed by atoms with Crippen LogP contribution in [0.2, 0.25) is 0 Å². The van der Waals surface area contributed by atoms with Crippen LogP contribution in [0.3, 0.4) is 0 Å². The molecule has 5 rings (SSSR count). The highest BCUT2D eigenvalue weighted by atomic mass is 16.4. The molecule has 1 heterocycles. The van der Waals surface area contributed by atoms with Crippen molar-refractivity contribution in [2.75, 3.05) is 0 Å². The van der Waals surface area contributed by atoms with Crippen LogP contribution in [0, 0.1) is 29.6 Å². The second-order valence-electron chi connectivity index (χ2n) is 7.17. The molecule has 0 amide bonds. The topological polar surface area (TPSA) is 55.1 Å². The molecule has 1 aromatic heterocycles. The summed E-state index contributed by atoms with van der Waals surface area (Å²) in [5, 5.41) is 13.7. The van der Waals surface area contributed by atoms with E-state index < -0.39 is 12.0 Å².